The molecule has 1 aliphatic carbocycles. The second-order valence-electron chi connectivity index (χ2n) is 4.84. The summed E-state index contributed by atoms with van der Waals surface area (Å²) in [5, 5.41) is 5.16. The quantitative estimate of drug-likeness (QED) is 0.748. The molecule has 1 aliphatic rings. The Morgan fingerprint density at radius 2 is 2.24 bits per heavy atom. The number of carbonyl (C=O) groups is 2. The standard InChI is InChI=1S/C14H20N2O4S/c1-3-20-14(18)11-9(8-4-5-8)7-21-13(11)16-12(17)10(6-15)19-2/h7-8,10H,3-6,15H2,1-2H3,(H,16,17). The molecule has 1 atom stereocenters. The molecule has 2 rings (SSSR count). The summed E-state index contributed by atoms with van der Waals surface area (Å²) < 4.78 is 10.1. The molecule has 0 bridgehead atoms. The molecule has 1 aromatic rings. The normalized spacial score (nSPS) is 15.6. The molecule has 6 nitrogen and oxygen atoms in total. The highest BCUT2D eigenvalue weighted by Crippen LogP contribution is 2.46. The van der Waals surface area contributed by atoms with Crippen molar-refractivity contribution in [1.82, 2.24) is 0 Å². The van der Waals surface area contributed by atoms with Crippen LogP contribution in [-0.4, -0.2) is 38.2 Å². The van der Waals surface area contributed by atoms with Crippen LogP contribution >= 0.6 is 11.3 Å². The highest BCUT2D eigenvalue weighted by Gasteiger charge is 2.32. The second kappa shape index (κ2) is 7.02. The number of carbonyl (C=O) groups excluding carboxylic acids is 2. The van der Waals surface area contributed by atoms with Crippen LogP contribution in [0.25, 0.3) is 0 Å². The molecule has 116 valence electrons. The van der Waals surface area contributed by atoms with Crippen LogP contribution in [0.5, 0.6) is 0 Å². The number of hydrogen-bond acceptors (Lipinski definition) is 6. The summed E-state index contributed by atoms with van der Waals surface area (Å²) in [5.74, 6) is -0.341. The lowest BCUT2D eigenvalue weighted by Crippen LogP contribution is -2.36. The predicted octanol–water partition coefficient (Wildman–Crippen LogP) is 1.71. The molecule has 1 unspecified atom stereocenters. The van der Waals surface area contributed by atoms with E-state index in [0.29, 0.717) is 23.1 Å². The number of hydrogen-bond donors (Lipinski definition) is 2. The van der Waals surface area contributed by atoms with Crippen molar-refractivity contribution in [3.8, 4) is 0 Å². The van der Waals surface area contributed by atoms with E-state index in [9.17, 15) is 9.59 Å². The minimum atomic E-state index is -0.730. The summed E-state index contributed by atoms with van der Waals surface area (Å²) in [6, 6.07) is 0. The third-order valence-corrected chi connectivity index (χ3v) is 4.26. The monoisotopic (exact) mass is 312 g/mol. The van der Waals surface area contributed by atoms with Gasteiger partial charge >= 0.3 is 5.97 Å². The fourth-order valence-electron chi connectivity index (χ4n) is 2.07. The first-order chi connectivity index (χ1) is 10.1. The highest BCUT2D eigenvalue weighted by atomic mass is 32.1. The van der Waals surface area contributed by atoms with Crippen LogP contribution in [0.2, 0.25) is 0 Å². The van der Waals surface area contributed by atoms with E-state index in [1.54, 1.807) is 6.92 Å². The zero-order valence-electron chi connectivity index (χ0n) is 12.2. The molecule has 1 amide bonds. The Morgan fingerprint density at radius 1 is 1.52 bits per heavy atom. The summed E-state index contributed by atoms with van der Waals surface area (Å²) in [5.41, 5.74) is 6.92. The molecule has 0 radical (unpaired) electrons. The van der Waals surface area contributed by atoms with Gasteiger partial charge in [-0.15, -0.1) is 11.3 Å². The van der Waals surface area contributed by atoms with E-state index >= 15 is 0 Å². The van der Waals surface area contributed by atoms with Gasteiger partial charge in [0.15, 0.2) is 0 Å². The molecular formula is C14H20N2O4S. The maximum absolute atomic E-state index is 12.1. The Balaban J connectivity index is 2.22. The molecule has 21 heavy (non-hydrogen) atoms. The van der Waals surface area contributed by atoms with Crippen molar-refractivity contribution < 1.29 is 19.1 Å². The van der Waals surface area contributed by atoms with Crippen molar-refractivity contribution >= 4 is 28.2 Å². The van der Waals surface area contributed by atoms with E-state index < -0.39 is 12.1 Å². The van der Waals surface area contributed by atoms with Crippen LogP contribution in [-0.2, 0) is 14.3 Å². The van der Waals surface area contributed by atoms with E-state index in [0.717, 1.165) is 18.4 Å². The van der Waals surface area contributed by atoms with Crippen molar-refractivity contribution in [3.05, 3.63) is 16.5 Å². The molecule has 1 fully saturated rings. The average Bonchev–Trinajstić information content (AvgIpc) is 3.22. The lowest BCUT2D eigenvalue weighted by molar-refractivity contribution is -0.125. The molecule has 7 heteroatoms. The number of methoxy groups -OCH3 is 1. The number of thiophene rings is 1. The fraction of sp³-hybridized carbons (Fsp3) is 0.571. The third kappa shape index (κ3) is 3.61. The zero-order valence-corrected chi connectivity index (χ0v) is 13.0. The van der Waals surface area contributed by atoms with Crippen LogP contribution in [0.3, 0.4) is 0 Å². The van der Waals surface area contributed by atoms with Crippen LogP contribution in [0, 0.1) is 0 Å². The van der Waals surface area contributed by atoms with Crippen LogP contribution in [0.4, 0.5) is 5.00 Å². The summed E-state index contributed by atoms with van der Waals surface area (Å²) in [7, 11) is 1.42. The Kier molecular flexibility index (Phi) is 5.33. The van der Waals surface area contributed by atoms with E-state index in [1.165, 1.54) is 18.4 Å². The lowest BCUT2D eigenvalue weighted by Gasteiger charge is -2.13. The SMILES string of the molecule is CCOC(=O)c1c(C2CC2)csc1NC(=O)C(CN)OC. The Hall–Kier alpha value is -1.44. The smallest absolute Gasteiger partial charge is 0.341 e. The van der Waals surface area contributed by atoms with Crippen molar-refractivity contribution in [2.24, 2.45) is 5.73 Å². The summed E-state index contributed by atoms with van der Waals surface area (Å²) in [4.78, 5) is 24.2. The number of anilines is 1. The average molecular weight is 312 g/mol. The molecule has 0 spiro atoms. The van der Waals surface area contributed by atoms with Gasteiger partial charge < -0.3 is 20.5 Å². The van der Waals surface area contributed by atoms with E-state index in [2.05, 4.69) is 5.32 Å². The van der Waals surface area contributed by atoms with Gasteiger partial charge in [0.05, 0.1) is 12.2 Å². The molecule has 3 N–H and O–H groups in total. The lowest BCUT2D eigenvalue weighted by atomic mass is 10.1. The molecule has 1 aromatic heterocycles. The molecule has 1 heterocycles. The first-order valence-corrected chi connectivity index (χ1v) is 7.82. The van der Waals surface area contributed by atoms with Crippen LogP contribution in [0.1, 0.15) is 41.6 Å². The predicted molar refractivity (Wildman–Crippen MR) is 80.7 cm³/mol. The molecule has 0 saturated heterocycles. The first-order valence-electron chi connectivity index (χ1n) is 6.94. The second-order valence-corrected chi connectivity index (χ2v) is 5.72. The van der Waals surface area contributed by atoms with Gasteiger partial charge in [-0.1, -0.05) is 0 Å². The summed E-state index contributed by atoms with van der Waals surface area (Å²) >= 11 is 1.34. The van der Waals surface area contributed by atoms with Gasteiger partial charge in [-0.2, -0.15) is 0 Å². The minimum absolute atomic E-state index is 0.0813. The molecular weight excluding hydrogens is 292 g/mol. The van der Waals surface area contributed by atoms with Gasteiger partial charge in [-0.25, -0.2) is 4.79 Å². The van der Waals surface area contributed by atoms with Crippen LogP contribution < -0.4 is 11.1 Å². The van der Waals surface area contributed by atoms with Crippen molar-refractivity contribution in [1.29, 1.82) is 0 Å². The van der Waals surface area contributed by atoms with Gasteiger partial charge in [0.25, 0.3) is 5.91 Å². The van der Waals surface area contributed by atoms with Gasteiger partial charge in [0.1, 0.15) is 11.1 Å². The number of amides is 1. The molecule has 0 aromatic carbocycles. The van der Waals surface area contributed by atoms with Gasteiger partial charge in [0.2, 0.25) is 0 Å². The van der Waals surface area contributed by atoms with Crippen molar-refractivity contribution in [3.63, 3.8) is 0 Å². The van der Waals surface area contributed by atoms with Crippen molar-refractivity contribution in [2.75, 3.05) is 25.6 Å². The largest absolute Gasteiger partial charge is 0.462 e. The number of esters is 1. The van der Waals surface area contributed by atoms with Gasteiger partial charge in [-0.05, 0) is 36.6 Å². The highest BCUT2D eigenvalue weighted by molar-refractivity contribution is 7.15. The van der Waals surface area contributed by atoms with E-state index in [4.69, 9.17) is 15.2 Å². The first kappa shape index (κ1) is 15.9. The Bertz CT molecular complexity index is 521. The van der Waals surface area contributed by atoms with Crippen molar-refractivity contribution in [2.45, 2.75) is 31.8 Å². The van der Waals surface area contributed by atoms with Gasteiger partial charge in [-0.3, -0.25) is 4.79 Å². The topological polar surface area (TPSA) is 90.7 Å². The molecule has 0 aliphatic heterocycles. The Morgan fingerprint density at radius 3 is 2.76 bits per heavy atom. The molecule has 1 saturated carbocycles. The maximum Gasteiger partial charge on any atom is 0.341 e. The summed E-state index contributed by atoms with van der Waals surface area (Å²) in [6.45, 7) is 2.14. The summed E-state index contributed by atoms with van der Waals surface area (Å²) in [6.07, 6.45) is 1.41. The number of ether oxygens (including phenoxy) is 2. The Labute approximate surface area is 127 Å². The van der Waals surface area contributed by atoms with E-state index in [-0.39, 0.29) is 12.5 Å². The fourth-order valence-corrected chi connectivity index (χ4v) is 3.11. The van der Waals surface area contributed by atoms with E-state index in [1.807, 2.05) is 5.38 Å². The minimum Gasteiger partial charge on any atom is -0.462 e. The van der Waals surface area contributed by atoms with Gasteiger partial charge in [0, 0.05) is 13.7 Å². The number of nitrogens with one attached hydrogen (secondary N) is 1. The van der Waals surface area contributed by atoms with Crippen LogP contribution in [0.15, 0.2) is 5.38 Å². The zero-order chi connectivity index (χ0) is 15.4. The maximum atomic E-state index is 12.1. The third-order valence-electron chi connectivity index (χ3n) is 3.34. The number of nitrogens with two attached hydrogens (primary N) is 1. The number of rotatable bonds is 7.